The maximum Gasteiger partial charge on any atom is 0.240 e. The SMILES string of the molecule is NC1(C(=O)NCCc2c[nH]c3ccc(Cl)cc23)CC1. The normalized spacial score (nSPS) is 16.5. The molecule has 1 aromatic carbocycles. The van der Waals surface area contributed by atoms with Gasteiger partial charge in [-0.3, -0.25) is 4.79 Å². The van der Waals surface area contributed by atoms with Gasteiger partial charge < -0.3 is 16.0 Å². The summed E-state index contributed by atoms with van der Waals surface area (Å²) in [6.07, 6.45) is 4.31. The first-order valence-corrected chi connectivity index (χ1v) is 6.79. The van der Waals surface area contributed by atoms with E-state index in [0.29, 0.717) is 6.54 Å². The topological polar surface area (TPSA) is 70.9 Å². The number of nitrogens with two attached hydrogens (primary N) is 1. The van der Waals surface area contributed by atoms with Crippen molar-refractivity contribution in [2.24, 2.45) is 5.73 Å². The second kappa shape index (κ2) is 4.54. The summed E-state index contributed by atoms with van der Waals surface area (Å²) in [7, 11) is 0. The minimum Gasteiger partial charge on any atom is -0.361 e. The van der Waals surface area contributed by atoms with Gasteiger partial charge in [0.25, 0.3) is 0 Å². The lowest BCUT2D eigenvalue weighted by Crippen LogP contribution is -2.43. The highest BCUT2D eigenvalue weighted by molar-refractivity contribution is 6.31. The molecule has 4 nitrogen and oxygen atoms in total. The zero-order valence-electron chi connectivity index (χ0n) is 10.5. The first-order valence-electron chi connectivity index (χ1n) is 6.41. The molecule has 1 amide bonds. The third-order valence-corrected chi connectivity index (χ3v) is 3.89. The number of fused-ring (bicyclic) bond motifs is 1. The minimum absolute atomic E-state index is 0.0367. The van der Waals surface area contributed by atoms with Crippen molar-refractivity contribution in [3.05, 3.63) is 35.0 Å². The molecule has 0 bridgehead atoms. The quantitative estimate of drug-likeness (QED) is 0.800. The fourth-order valence-electron chi connectivity index (χ4n) is 2.21. The molecule has 100 valence electrons. The van der Waals surface area contributed by atoms with Gasteiger partial charge in [0, 0.05) is 28.7 Å². The van der Waals surface area contributed by atoms with Gasteiger partial charge in [0.2, 0.25) is 5.91 Å². The Balaban J connectivity index is 1.65. The van der Waals surface area contributed by atoms with Crippen molar-refractivity contribution in [1.82, 2.24) is 10.3 Å². The monoisotopic (exact) mass is 277 g/mol. The van der Waals surface area contributed by atoms with Crippen LogP contribution in [0.1, 0.15) is 18.4 Å². The molecule has 1 aliphatic carbocycles. The maximum absolute atomic E-state index is 11.7. The Bertz CT molecular complexity index is 631. The lowest BCUT2D eigenvalue weighted by atomic mass is 10.1. The molecule has 1 fully saturated rings. The highest BCUT2D eigenvalue weighted by atomic mass is 35.5. The van der Waals surface area contributed by atoms with Crippen molar-refractivity contribution in [2.45, 2.75) is 24.8 Å². The molecule has 2 aromatic rings. The van der Waals surface area contributed by atoms with Crippen molar-refractivity contribution >= 4 is 28.4 Å². The molecule has 1 heterocycles. The molecule has 19 heavy (non-hydrogen) atoms. The van der Waals surface area contributed by atoms with Gasteiger partial charge in [-0.2, -0.15) is 0 Å². The number of aromatic nitrogens is 1. The predicted octanol–water partition coefficient (Wildman–Crippen LogP) is 1.97. The average Bonchev–Trinajstić information content (AvgIpc) is 3.02. The van der Waals surface area contributed by atoms with E-state index in [1.807, 2.05) is 24.4 Å². The largest absolute Gasteiger partial charge is 0.361 e. The summed E-state index contributed by atoms with van der Waals surface area (Å²) in [6, 6.07) is 5.76. The number of aromatic amines is 1. The molecule has 1 aliphatic rings. The van der Waals surface area contributed by atoms with E-state index in [2.05, 4.69) is 10.3 Å². The lowest BCUT2D eigenvalue weighted by Gasteiger charge is -2.09. The van der Waals surface area contributed by atoms with Gasteiger partial charge in [-0.05, 0) is 43.0 Å². The van der Waals surface area contributed by atoms with Crippen LogP contribution in [-0.4, -0.2) is 23.0 Å². The molecule has 0 spiro atoms. The van der Waals surface area contributed by atoms with Crippen LogP contribution in [0.15, 0.2) is 24.4 Å². The highest BCUT2D eigenvalue weighted by Crippen LogP contribution is 2.32. The van der Waals surface area contributed by atoms with Gasteiger partial charge in [-0.25, -0.2) is 0 Å². The molecule has 1 saturated carbocycles. The van der Waals surface area contributed by atoms with E-state index >= 15 is 0 Å². The first kappa shape index (κ1) is 12.5. The Hall–Kier alpha value is -1.52. The van der Waals surface area contributed by atoms with E-state index in [1.54, 1.807) is 0 Å². The van der Waals surface area contributed by atoms with Crippen LogP contribution >= 0.6 is 11.6 Å². The van der Waals surface area contributed by atoms with Crippen molar-refractivity contribution in [1.29, 1.82) is 0 Å². The third kappa shape index (κ3) is 2.46. The highest BCUT2D eigenvalue weighted by Gasteiger charge is 2.45. The summed E-state index contributed by atoms with van der Waals surface area (Å²) in [5.41, 5.74) is 7.44. The Morgan fingerprint density at radius 1 is 1.47 bits per heavy atom. The number of hydrogen-bond donors (Lipinski definition) is 3. The van der Waals surface area contributed by atoms with Crippen LogP contribution in [0, 0.1) is 0 Å². The zero-order valence-corrected chi connectivity index (χ0v) is 11.3. The first-order chi connectivity index (χ1) is 9.08. The van der Waals surface area contributed by atoms with E-state index in [1.165, 1.54) is 0 Å². The van der Waals surface area contributed by atoms with E-state index in [4.69, 9.17) is 17.3 Å². The number of rotatable bonds is 4. The molecule has 0 unspecified atom stereocenters. The van der Waals surface area contributed by atoms with Gasteiger partial charge in [-0.1, -0.05) is 11.6 Å². The Morgan fingerprint density at radius 2 is 2.26 bits per heavy atom. The molecule has 5 heteroatoms. The fraction of sp³-hybridized carbons (Fsp3) is 0.357. The number of hydrogen-bond acceptors (Lipinski definition) is 2. The number of benzene rings is 1. The number of halogens is 1. The molecule has 3 rings (SSSR count). The van der Waals surface area contributed by atoms with E-state index < -0.39 is 5.54 Å². The summed E-state index contributed by atoms with van der Waals surface area (Å²) >= 11 is 6.00. The smallest absolute Gasteiger partial charge is 0.240 e. The molecule has 0 saturated heterocycles. The molecular formula is C14H16ClN3O. The van der Waals surface area contributed by atoms with Crippen molar-refractivity contribution in [3.63, 3.8) is 0 Å². The zero-order chi connectivity index (χ0) is 13.5. The Morgan fingerprint density at radius 3 is 3.00 bits per heavy atom. The van der Waals surface area contributed by atoms with Crippen LogP contribution in [0.25, 0.3) is 10.9 Å². The minimum atomic E-state index is -0.594. The van der Waals surface area contributed by atoms with E-state index in [0.717, 1.165) is 40.8 Å². The van der Waals surface area contributed by atoms with Crippen molar-refractivity contribution in [2.75, 3.05) is 6.54 Å². The number of nitrogens with one attached hydrogen (secondary N) is 2. The van der Waals surface area contributed by atoms with E-state index in [-0.39, 0.29) is 5.91 Å². The van der Waals surface area contributed by atoms with E-state index in [9.17, 15) is 4.79 Å². The summed E-state index contributed by atoms with van der Waals surface area (Å²) in [6.45, 7) is 0.594. The van der Waals surface area contributed by atoms with Crippen LogP contribution in [0.5, 0.6) is 0 Å². The molecular weight excluding hydrogens is 262 g/mol. The predicted molar refractivity (Wildman–Crippen MR) is 76.2 cm³/mol. The van der Waals surface area contributed by atoms with Gasteiger partial charge >= 0.3 is 0 Å². The summed E-state index contributed by atoms with van der Waals surface area (Å²) in [5.74, 6) is -0.0367. The van der Waals surface area contributed by atoms with Crippen LogP contribution in [-0.2, 0) is 11.2 Å². The Kier molecular flexibility index (Phi) is 2.99. The average molecular weight is 278 g/mol. The van der Waals surface area contributed by atoms with Crippen LogP contribution in [0.4, 0.5) is 0 Å². The van der Waals surface area contributed by atoms with Gasteiger partial charge in [0.05, 0.1) is 5.54 Å². The van der Waals surface area contributed by atoms with Gasteiger partial charge in [-0.15, -0.1) is 0 Å². The summed E-state index contributed by atoms with van der Waals surface area (Å²) < 4.78 is 0. The Labute approximate surface area is 116 Å². The number of amides is 1. The van der Waals surface area contributed by atoms with Gasteiger partial charge in [0.15, 0.2) is 0 Å². The fourth-order valence-corrected chi connectivity index (χ4v) is 2.38. The van der Waals surface area contributed by atoms with Crippen LogP contribution in [0.2, 0.25) is 5.02 Å². The molecule has 0 radical (unpaired) electrons. The second-order valence-electron chi connectivity index (χ2n) is 5.17. The standard InChI is InChI=1S/C14H16ClN3O/c15-10-1-2-12-11(7-10)9(8-18-12)3-6-17-13(19)14(16)4-5-14/h1-2,7-8,18H,3-6,16H2,(H,17,19). The molecule has 4 N–H and O–H groups in total. The number of carbonyl (C=O) groups is 1. The summed E-state index contributed by atoms with van der Waals surface area (Å²) in [5, 5.41) is 4.72. The number of carbonyl (C=O) groups excluding carboxylic acids is 1. The van der Waals surface area contributed by atoms with Gasteiger partial charge in [0.1, 0.15) is 0 Å². The maximum atomic E-state index is 11.7. The van der Waals surface area contributed by atoms with Crippen LogP contribution < -0.4 is 11.1 Å². The molecule has 0 atom stereocenters. The number of H-pyrrole nitrogens is 1. The lowest BCUT2D eigenvalue weighted by molar-refractivity contribution is -0.123. The summed E-state index contributed by atoms with van der Waals surface area (Å²) in [4.78, 5) is 14.9. The third-order valence-electron chi connectivity index (χ3n) is 3.65. The molecule has 0 aliphatic heterocycles. The van der Waals surface area contributed by atoms with Crippen molar-refractivity contribution < 1.29 is 4.79 Å². The second-order valence-corrected chi connectivity index (χ2v) is 5.60. The molecule has 1 aromatic heterocycles. The van der Waals surface area contributed by atoms with Crippen molar-refractivity contribution in [3.8, 4) is 0 Å². The van der Waals surface area contributed by atoms with Crippen LogP contribution in [0.3, 0.4) is 0 Å².